The van der Waals surface area contributed by atoms with E-state index >= 15 is 0 Å². The molecule has 1 aromatic heterocycles. The average molecular weight is 489 g/mol. The van der Waals surface area contributed by atoms with Crippen LogP contribution in [0.5, 0.6) is 5.75 Å². The van der Waals surface area contributed by atoms with Crippen molar-refractivity contribution in [3.63, 3.8) is 0 Å². The first-order chi connectivity index (χ1) is 14.3. The summed E-state index contributed by atoms with van der Waals surface area (Å²) in [5.41, 5.74) is 1.47. The molecule has 2 rings (SSSR count). The lowest BCUT2D eigenvalue weighted by Gasteiger charge is -2.09. The van der Waals surface area contributed by atoms with E-state index in [2.05, 4.69) is 27.8 Å². The molecule has 0 aliphatic carbocycles. The molecule has 8 heteroatoms. The third-order valence-electron chi connectivity index (χ3n) is 4.09. The zero-order valence-corrected chi connectivity index (χ0v) is 19.3. The highest BCUT2D eigenvalue weighted by atomic mass is 79.9. The monoisotopic (exact) mass is 488 g/mol. The molecule has 30 heavy (non-hydrogen) atoms. The fraction of sp³-hybridized carbons (Fsp3) is 0.227. The number of ether oxygens (including phenoxy) is 2. The number of halogens is 1. The summed E-state index contributed by atoms with van der Waals surface area (Å²) < 4.78 is 11.5. The van der Waals surface area contributed by atoms with Crippen molar-refractivity contribution >= 4 is 50.2 Å². The van der Waals surface area contributed by atoms with Gasteiger partial charge in [0.25, 0.3) is 5.91 Å². The number of carbonyl (C=O) groups is 2. The molecule has 0 saturated carbocycles. The molecule has 0 saturated heterocycles. The Balaban J connectivity index is 2.38. The second-order valence-corrected chi connectivity index (χ2v) is 8.25. The van der Waals surface area contributed by atoms with Crippen LogP contribution >= 0.6 is 27.3 Å². The fourth-order valence-corrected chi connectivity index (χ4v) is 3.97. The largest absolute Gasteiger partial charge is 0.489 e. The summed E-state index contributed by atoms with van der Waals surface area (Å²) >= 11 is 4.64. The van der Waals surface area contributed by atoms with E-state index in [0.29, 0.717) is 21.9 Å². The lowest BCUT2D eigenvalue weighted by molar-refractivity contribution is -0.112. The van der Waals surface area contributed by atoms with Gasteiger partial charge in [-0.15, -0.1) is 11.3 Å². The lowest BCUT2D eigenvalue weighted by atomic mass is 10.1. The van der Waals surface area contributed by atoms with E-state index in [1.807, 2.05) is 13.0 Å². The number of benzene rings is 1. The molecule has 1 amide bonds. The fourth-order valence-electron chi connectivity index (χ4n) is 2.55. The Morgan fingerprint density at radius 1 is 1.37 bits per heavy atom. The van der Waals surface area contributed by atoms with Crippen LogP contribution in [0.15, 0.2) is 40.9 Å². The van der Waals surface area contributed by atoms with Crippen LogP contribution < -0.4 is 10.1 Å². The van der Waals surface area contributed by atoms with E-state index in [9.17, 15) is 14.9 Å². The summed E-state index contributed by atoms with van der Waals surface area (Å²) in [5.74, 6) is -0.628. The van der Waals surface area contributed by atoms with Gasteiger partial charge in [-0.25, -0.2) is 4.79 Å². The molecule has 156 valence electrons. The van der Waals surface area contributed by atoms with Gasteiger partial charge in [-0.05, 0) is 50.6 Å². The SMILES string of the molecule is C=CCOc1ccc(Br)cc1/C=C(\C#N)C(=O)Nc1sc(C)c(C)c1C(=O)OCC. The van der Waals surface area contributed by atoms with Crippen molar-refractivity contribution in [1.82, 2.24) is 0 Å². The third-order valence-corrected chi connectivity index (χ3v) is 5.70. The maximum Gasteiger partial charge on any atom is 0.341 e. The molecule has 0 aliphatic heterocycles. The number of aryl methyl sites for hydroxylation is 1. The van der Waals surface area contributed by atoms with Crippen molar-refractivity contribution in [1.29, 1.82) is 5.26 Å². The van der Waals surface area contributed by atoms with Crippen molar-refractivity contribution < 1.29 is 19.1 Å². The summed E-state index contributed by atoms with van der Waals surface area (Å²) in [6.45, 7) is 9.48. The summed E-state index contributed by atoms with van der Waals surface area (Å²) in [4.78, 5) is 26.0. The zero-order valence-electron chi connectivity index (χ0n) is 16.9. The molecule has 1 heterocycles. The van der Waals surface area contributed by atoms with Gasteiger partial charge in [0, 0.05) is 14.9 Å². The predicted molar refractivity (Wildman–Crippen MR) is 122 cm³/mol. The number of amides is 1. The minimum absolute atomic E-state index is 0.130. The van der Waals surface area contributed by atoms with Crippen LogP contribution in [0.2, 0.25) is 0 Å². The highest BCUT2D eigenvalue weighted by molar-refractivity contribution is 9.10. The number of nitrogens with zero attached hydrogens (tertiary/aromatic N) is 1. The first-order valence-corrected chi connectivity index (χ1v) is 10.7. The first kappa shape index (κ1) is 23.4. The van der Waals surface area contributed by atoms with Crippen LogP contribution in [-0.4, -0.2) is 25.1 Å². The summed E-state index contributed by atoms with van der Waals surface area (Å²) in [7, 11) is 0. The minimum atomic E-state index is -0.626. The average Bonchev–Trinajstić information content (AvgIpc) is 2.98. The van der Waals surface area contributed by atoms with E-state index in [-0.39, 0.29) is 18.8 Å². The van der Waals surface area contributed by atoms with Crippen LogP contribution in [0, 0.1) is 25.2 Å². The standard InChI is InChI=1S/C22H21BrN2O4S/c1-5-9-29-18-8-7-17(23)11-15(18)10-16(12-24)20(26)25-21-19(22(27)28-6-2)13(3)14(4)30-21/h5,7-8,10-11H,1,6,9H2,2-4H3,(H,25,26)/b16-10+. The van der Waals surface area contributed by atoms with E-state index in [1.165, 1.54) is 17.4 Å². The molecule has 1 aromatic carbocycles. The molecule has 2 aromatic rings. The van der Waals surface area contributed by atoms with Crippen LogP contribution in [0.3, 0.4) is 0 Å². The molecule has 0 radical (unpaired) electrons. The molecule has 1 N–H and O–H groups in total. The van der Waals surface area contributed by atoms with Gasteiger partial charge in [0.15, 0.2) is 0 Å². The number of esters is 1. The summed E-state index contributed by atoms with van der Waals surface area (Å²) in [5, 5.41) is 12.6. The molecule has 6 nitrogen and oxygen atoms in total. The maximum atomic E-state index is 12.8. The number of hydrogen-bond donors (Lipinski definition) is 1. The minimum Gasteiger partial charge on any atom is -0.489 e. The van der Waals surface area contributed by atoms with Crippen molar-refractivity contribution in [3.8, 4) is 11.8 Å². The van der Waals surface area contributed by atoms with Gasteiger partial charge < -0.3 is 14.8 Å². The first-order valence-electron chi connectivity index (χ1n) is 9.05. The predicted octanol–water partition coefficient (Wildman–Crippen LogP) is 5.41. The molecule has 0 bridgehead atoms. The second-order valence-electron chi connectivity index (χ2n) is 6.11. The maximum absolute atomic E-state index is 12.8. The highest BCUT2D eigenvalue weighted by Gasteiger charge is 2.23. The van der Waals surface area contributed by atoms with Crippen LogP contribution in [0.25, 0.3) is 6.08 Å². The van der Waals surface area contributed by atoms with Crippen molar-refractivity contribution in [2.24, 2.45) is 0 Å². The van der Waals surface area contributed by atoms with Crippen molar-refractivity contribution in [2.45, 2.75) is 20.8 Å². The lowest BCUT2D eigenvalue weighted by Crippen LogP contribution is -2.16. The van der Waals surface area contributed by atoms with Crippen molar-refractivity contribution in [3.05, 3.63) is 62.5 Å². The summed E-state index contributed by atoms with van der Waals surface area (Å²) in [6.07, 6.45) is 3.04. The zero-order chi connectivity index (χ0) is 22.3. The van der Waals surface area contributed by atoms with Gasteiger partial charge in [0.05, 0.1) is 12.2 Å². The smallest absolute Gasteiger partial charge is 0.341 e. The second kappa shape index (κ2) is 10.8. The number of anilines is 1. The Morgan fingerprint density at radius 2 is 2.10 bits per heavy atom. The summed E-state index contributed by atoms with van der Waals surface area (Å²) in [6, 6.07) is 7.19. The molecule has 0 unspecified atom stereocenters. The van der Waals surface area contributed by atoms with Gasteiger partial charge in [0.1, 0.15) is 29.0 Å². The molecular weight excluding hydrogens is 468 g/mol. The van der Waals surface area contributed by atoms with Gasteiger partial charge in [-0.2, -0.15) is 5.26 Å². The number of nitrogens with one attached hydrogen (secondary N) is 1. The molecular formula is C22H21BrN2O4S. The number of hydrogen-bond acceptors (Lipinski definition) is 6. The van der Waals surface area contributed by atoms with Crippen LogP contribution in [0.4, 0.5) is 5.00 Å². The van der Waals surface area contributed by atoms with E-state index in [1.54, 1.807) is 38.1 Å². The van der Waals surface area contributed by atoms with E-state index in [0.717, 1.165) is 14.9 Å². The number of thiophene rings is 1. The normalized spacial score (nSPS) is 10.8. The highest BCUT2D eigenvalue weighted by Crippen LogP contribution is 2.33. The Hall–Kier alpha value is -2.89. The number of rotatable bonds is 8. The Morgan fingerprint density at radius 3 is 2.73 bits per heavy atom. The third kappa shape index (κ3) is 5.59. The van der Waals surface area contributed by atoms with Gasteiger partial charge >= 0.3 is 5.97 Å². The Labute approximate surface area is 187 Å². The van der Waals surface area contributed by atoms with Gasteiger partial charge in [-0.3, -0.25) is 4.79 Å². The van der Waals surface area contributed by atoms with E-state index in [4.69, 9.17) is 9.47 Å². The van der Waals surface area contributed by atoms with Crippen LogP contribution in [-0.2, 0) is 9.53 Å². The van der Waals surface area contributed by atoms with Crippen LogP contribution in [0.1, 0.15) is 33.3 Å². The molecule has 0 atom stereocenters. The molecule has 0 spiro atoms. The topological polar surface area (TPSA) is 88.4 Å². The Bertz CT molecular complexity index is 1050. The van der Waals surface area contributed by atoms with E-state index < -0.39 is 11.9 Å². The molecule has 0 aliphatic rings. The number of carbonyl (C=O) groups excluding carboxylic acids is 2. The Kier molecular flexibility index (Phi) is 8.39. The van der Waals surface area contributed by atoms with Crippen molar-refractivity contribution in [2.75, 3.05) is 18.5 Å². The number of nitriles is 1. The van der Waals surface area contributed by atoms with Gasteiger partial charge in [0.2, 0.25) is 0 Å². The quantitative estimate of drug-likeness (QED) is 0.232. The molecule has 0 fully saturated rings. The van der Waals surface area contributed by atoms with Gasteiger partial charge in [-0.1, -0.05) is 28.6 Å².